The molecule has 0 saturated heterocycles. The molecular weight excluding hydrogens is 516 g/mol. The molecule has 16 heteroatoms. The molecule has 182 valence electrons. The van der Waals surface area contributed by atoms with Crippen molar-refractivity contribution in [2.75, 3.05) is 12.4 Å². The molecule has 3 rings (SSSR count). The minimum Gasteiger partial charge on any atom is -0.506 e. The monoisotopic (exact) mass is 532 g/mol. The summed E-state index contributed by atoms with van der Waals surface area (Å²) in [6, 6.07) is 9.42. The van der Waals surface area contributed by atoms with Crippen LogP contribution in [0.3, 0.4) is 0 Å². The summed E-state index contributed by atoms with van der Waals surface area (Å²) in [5, 5.41) is 27.9. The topological polar surface area (TPSA) is 217 Å². The Labute approximate surface area is 193 Å². The zero-order chi connectivity index (χ0) is 25.3. The van der Waals surface area contributed by atoms with Gasteiger partial charge in [0, 0.05) is 10.8 Å². The van der Waals surface area contributed by atoms with E-state index < -0.39 is 75.4 Å². The number of hydrogen-bond acceptors (Lipinski definition) is 11. The van der Waals surface area contributed by atoms with Crippen LogP contribution in [0.1, 0.15) is 0 Å². The second-order valence-corrected chi connectivity index (χ2v) is 11.3. The van der Waals surface area contributed by atoms with Gasteiger partial charge in [-0.2, -0.15) is 16.8 Å². The summed E-state index contributed by atoms with van der Waals surface area (Å²) in [7, 11) is -13.7. The molecule has 4 N–H and O–H groups in total. The van der Waals surface area contributed by atoms with Crippen LogP contribution in [0.2, 0.25) is 0 Å². The average Bonchev–Trinajstić information content (AvgIpc) is 2.72. The van der Waals surface area contributed by atoms with E-state index in [1.54, 1.807) is 0 Å². The maximum atomic E-state index is 12.4. The van der Waals surface area contributed by atoms with Crippen LogP contribution < -0.4 is 0 Å². The normalized spacial score (nSPS) is 13.0. The van der Waals surface area contributed by atoms with Crippen molar-refractivity contribution in [2.45, 2.75) is 9.79 Å². The van der Waals surface area contributed by atoms with Crippen molar-refractivity contribution in [1.82, 2.24) is 0 Å². The lowest BCUT2D eigenvalue weighted by Crippen LogP contribution is -2.15. The third-order valence-electron chi connectivity index (χ3n) is 4.39. The number of benzene rings is 3. The molecular formula is C18H16N2O11S3. The zero-order valence-corrected chi connectivity index (χ0v) is 19.2. The molecule has 3 aromatic carbocycles. The molecule has 0 saturated carbocycles. The number of aromatic hydroxyl groups is 2. The van der Waals surface area contributed by atoms with Crippen LogP contribution in [0.5, 0.6) is 11.5 Å². The van der Waals surface area contributed by atoms with Crippen LogP contribution in [-0.2, 0) is 34.5 Å². The molecule has 34 heavy (non-hydrogen) atoms. The fourth-order valence-electron chi connectivity index (χ4n) is 2.85. The van der Waals surface area contributed by atoms with Gasteiger partial charge in [-0.1, -0.05) is 24.3 Å². The van der Waals surface area contributed by atoms with Gasteiger partial charge in [0.1, 0.15) is 22.0 Å². The summed E-state index contributed by atoms with van der Waals surface area (Å²) >= 11 is 0. The molecule has 3 aromatic rings. The number of fused-ring (bicyclic) bond motifs is 1. The van der Waals surface area contributed by atoms with E-state index in [9.17, 15) is 40.0 Å². The van der Waals surface area contributed by atoms with Crippen LogP contribution in [0.15, 0.2) is 68.6 Å². The van der Waals surface area contributed by atoms with Crippen LogP contribution in [0.4, 0.5) is 11.4 Å². The largest absolute Gasteiger partial charge is 0.506 e. The Morgan fingerprint density at radius 1 is 0.794 bits per heavy atom. The fraction of sp³-hybridized carbons (Fsp3) is 0.111. The molecule has 0 aliphatic rings. The number of nitrogens with zero attached hydrogens (tertiary/aromatic N) is 2. The van der Waals surface area contributed by atoms with E-state index in [1.165, 1.54) is 24.3 Å². The molecule has 0 unspecified atom stereocenters. The van der Waals surface area contributed by atoms with Crippen molar-refractivity contribution >= 4 is 52.5 Å². The Morgan fingerprint density at radius 3 is 2.03 bits per heavy atom. The second kappa shape index (κ2) is 9.24. The highest BCUT2D eigenvalue weighted by atomic mass is 32.3. The summed E-state index contributed by atoms with van der Waals surface area (Å²) < 4.78 is 91.5. The Bertz CT molecular complexity index is 1610. The maximum absolute atomic E-state index is 12.4. The Hall–Kier alpha value is -3.15. The third-order valence-corrected chi connectivity index (χ3v) is 7.43. The predicted molar refractivity (Wildman–Crippen MR) is 117 cm³/mol. The third kappa shape index (κ3) is 5.85. The molecule has 0 spiro atoms. The Morgan fingerprint density at radius 2 is 1.41 bits per heavy atom. The van der Waals surface area contributed by atoms with Crippen LogP contribution in [0.25, 0.3) is 10.8 Å². The lowest BCUT2D eigenvalue weighted by atomic mass is 10.1. The van der Waals surface area contributed by atoms with Gasteiger partial charge in [0.2, 0.25) is 0 Å². The summed E-state index contributed by atoms with van der Waals surface area (Å²) in [5.74, 6) is -1.85. The van der Waals surface area contributed by atoms with Crippen LogP contribution in [0, 0.1) is 0 Å². The van der Waals surface area contributed by atoms with Gasteiger partial charge in [-0.15, -0.1) is 10.2 Å². The van der Waals surface area contributed by atoms with Gasteiger partial charge in [-0.25, -0.2) is 12.6 Å². The van der Waals surface area contributed by atoms with Crippen molar-refractivity contribution in [2.24, 2.45) is 10.2 Å². The maximum Gasteiger partial charge on any atom is 0.397 e. The van der Waals surface area contributed by atoms with Crippen molar-refractivity contribution in [1.29, 1.82) is 0 Å². The second-order valence-electron chi connectivity index (χ2n) is 6.68. The molecule has 0 atom stereocenters. The van der Waals surface area contributed by atoms with Gasteiger partial charge >= 0.3 is 10.4 Å². The van der Waals surface area contributed by atoms with E-state index in [-0.39, 0.29) is 10.8 Å². The predicted octanol–water partition coefficient (Wildman–Crippen LogP) is 2.51. The number of azo groups is 1. The lowest BCUT2D eigenvalue weighted by molar-refractivity contribution is 0.284. The number of sulfone groups is 1. The van der Waals surface area contributed by atoms with Gasteiger partial charge in [-0.05, 0) is 24.3 Å². The molecule has 0 fully saturated rings. The zero-order valence-electron chi connectivity index (χ0n) is 16.8. The van der Waals surface area contributed by atoms with E-state index in [1.807, 2.05) is 0 Å². The molecule has 13 nitrogen and oxygen atoms in total. The van der Waals surface area contributed by atoms with Gasteiger partial charge in [0.25, 0.3) is 10.1 Å². The summed E-state index contributed by atoms with van der Waals surface area (Å²) in [4.78, 5) is -0.964. The van der Waals surface area contributed by atoms with Crippen molar-refractivity contribution < 1.29 is 48.8 Å². The van der Waals surface area contributed by atoms with E-state index in [0.717, 1.165) is 24.3 Å². The highest BCUT2D eigenvalue weighted by Gasteiger charge is 2.20. The highest BCUT2D eigenvalue weighted by Crippen LogP contribution is 2.40. The summed E-state index contributed by atoms with van der Waals surface area (Å²) in [6.07, 6.45) is 0. The van der Waals surface area contributed by atoms with Gasteiger partial charge in [0.15, 0.2) is 15.6 Å². The van der Waals surface area contributed by atoms with Crippen molar-refractivity contribution in [3.63, 3.8) is 0 Å². The first-order valence-electron chi connectivity index (χ1n) is 9.00. The molecule has 0 amide bonds. The number of hydrogen-bond donors (Lipinski definition) is 4. The molecule has 0 radical (unpaired) electrons. The van der Waals surface area contributed by atoms with Gasteiger partial charge in [-0.3, -0.25) is 9.11 Å². The standard InChI is InChI=1S/C18H16N2O11S3/c21-16-6-5-11(32(23,24)8-7-31-34(28,29)30)9-14(16)19-20-15-10-17(33(25,26)27)12-3-1-2-4-13(12)18(15)22/h1-6,9-10,21-22H,7-8H2,(H,25,26,27)(H,28,29,30). The minimum atomic E-state index is -4.84. The van der Waals surface area contributed by atoms with Crippen molar-refractivity contribution in [3.05, 3.63) is 48.5 Å². The lowest BCUT2D eigenvalue weighted by Gasteiger charge is -2.09. The Kier molecular flexibility index (Phi) is 6.92. The van der Waals surface area contributed by atoms with E-state index >= 15 is 0 Å². The average molecular weight is 533 g/mol. The molecule has 0 aliphatic heterocycles. The number of rotatable bonds is 8. The quantitative estimate of drug-likeness (QED) is 0.244. The van der Waals surface area contributed by atoms with E-state index in [2.05, 4.69) is 14.4 Å². The molecule has 0 heterocycles. The first-order valence-corrected chi connectivity index (χ1v) is 13.5. The van der Waals surface area contributed by atoms with E-state index in [0.29, 0.717) is 0 Å². The van der Waals surface area contributed by atoms with Crippen LogP contribution >= 0.6 is 0 Å². The number of phenolic OH excluding ortho intramolecular Hbond substituents is 2. The van der Waals surface area contributed by atoms with Crippen molar-refractivity contribution in [3.8, 4) is 11.5 Å². The molecule has 0 aromatic heterocycles. The smallest absolute Gasteiger partial charge is 0.397 e. The van der Waals surface area contributed by atoms with Crippen LogP contribution in [-0.4, -0.2) is 56.9 Å². The summed E-state index contributed by atoms with van der Waals surface area (Å²) in [6.45, 7) is -0.873. The first-order chi connectivity index (χ1) is 15.7. The molecule has 0 aliphatic carbocycles. The fourth-order valence-corrected chi connectivity index (χ4v) is 5.07. The van der Waals surface area contributed by atoms with E-state index in [4.69, 9.17) is 4.55 Å². The highest BCUT2D eigenvalue weighted by molar-refractivity contribution is 7.91. The summed E-state index contributed by atoms with van der Waals surface area (Å²) in [5.41, 5.74) is -0.793. The Balaban J connectivity index is 2.01. The minimum absolute atomic E-state index is 0.0181. The molecule has 0 bridgehead atoms. The number of phenols is 2. The SMILES string of the molecule is O=S(=O)(O)OCCS(=O)(=O)c1ccc(O)c(N=Nc2cc(S(=O)(=O)O)c3ccccc3c2O)c1. The van der Waals surface area contributed by atoms with Gasteiger partial charge < -0.3 is 10.2 Å². The van der Waals surface area contributed by atoms with Gasteiger partial charge in [0.05, 0.1) is 17.3 Å². The first kappa shape index (κ1) is 25.5.